The van der Waals surface area contributed by atoms with Gasteiger partial charge in [-0.25, -0.2) is 4.79 Å². The van der Waals surface area contributed by atoms with Gasteiger partial charge in [0.15, 0.2) is 5.76 Å². The van der Waals surface area contributed by atoms with Crippen LogP contribution in [0.4, 0.5) is 0 Å². The third kappa shape index (κ3) is 2.67. The van der Waals surface area contributed by atoms with Gasteiger partial charge in [-0.3, -0.25) is 0 Å². The van der Waals surface area contributed by atoms with Crippen LogP contribution in [0.1, 0.15) is 35.5 Å². The molecule has 4 heteroatoms. The number of ether oxygens (including phenoxy) is 1. The maximum absolute atomic E-state index is 11.9. The van der Waals surface area contributed by atoms with Crippen molar-refractivity contribution in [2.24, 2.45) is 0 Å². The van der Waals surface area contributed by atoms with Gasteiger partial charge in [0, 0.05) is 11.6 Å². The molecule has 2 rings (SSSR count). The Balaban J connectivity index is 2.51. The van der Waals surface area contributed by atoms with Crippen molar-refractivity contribution in [1.82, 2.24) is 5.16 Å². The molecule has 0 unspecified atom stereocenters. The molecule has 0 saturated heterocycles. The largest absolute Gasteiger partial charge is 0.462 e. The number of aryl methyl sites for hydroxylation is 1. The van der Waals surface area contributed by atoms with Crippen molar-refractivity contribution >= 4 is 5.97 Å². The molecule has 100 valence electrons. The number of rotatable bonds is 4. The van der Waals surface area contributed by atoms with Crippen LogP contribution in [-0.2, 0) is 11.2 Å². The van der Waals surface area contributed by atoms with Gasteiger partial charge in [0.05, 0.1) is 17.9 Å². The van der Waals surface area contributed by atoms with Gasteiger partial charge in [0.2, 0.25) is 0 Å². The van der Waals surface area contributed by atoms with E-state index in [9.17, 15) is 4.79 Å². The van der Waals surface area contributed by atoms with Crippen molar-refractivity contribution in [3.8, 4) is 11.3 Å². The maximum Gasteiger partial charge on any atom is 0.338 e. The second kappa shape index (κ2) is 5.69. The Labute approximate surface area is 112 Å². The van der Waals surface area contributed by atoms with E-state index < -0.39 is 0 Å². The maximum atomic E-state index is 11.9. The van der Waals surface area contributed by atoms with Crippen molar-refractivity contribution in [2.45, 2.75) is 27.2 Å². The predicted octanol–water partition coefficient (Wildman–Crippen LogP) is 3.39. The zero-order valence-corrected chi connectivity index (χ0v) is 11.4. The lowest BCUT2D eigenvalue weighted by Gasteiger charge is -2.10. The van der Waals surface area contributed by atoms with Crippen molar-refractivity contribution in [3.63, 3.8) is 0 Å². The first kappa shape index (κ1) is 13.3. The minimum Gasteiger partial charge on any atom is -0.462 e. The molecule has 0 aliphatic heterocycles. The van der Waals surface area contributed by atoms with Gasteiger partial charge in [0.25, 0.3) is 0 Å². The molecule has 0 radical (unpaired) electrons. The summed E-state index contributed by atoms with van der Waals surface area (Å²) in [6.45, 7) is 6.04. The number of hydrogen-bond acceptors (Lipinski definition) is 4. The summed E-state index contributed by atoms with van der Waals surface area (Å²) < 4.78 is 10.4. The number of aromatic nitrogens is 1. The Bertz CT molecular complexity index is 587. The number of esters is 1. The van der Waals surface area contributed by atoms with E-state index in [0.29, 0.717) is 17.9 Å². The van der Waals surface area contributed by atoms with E-state index in [1.54, 1.807) is 13.0 Å². The molecule has 0 fully saturated rings. The Kier molecular flexibility index (Phi) is 4.00. The molecule has 1 aromatic heterocycles. The zero-order chi connectivity index (χ0) is 13.8. The van der Waals surface area contributed by atoms with E-state index in [1.807, 2.05) is 32.0 Å². The van der Waals surface area contributed by atoms with Gasteiger partial charge >= 0.3 is 5.97 Å². The number of hydrogen-bond donors (Lipinski definition) is 0. The normalized spacial score (nSPS) is 10.5. The van der Waals surface area contributed by atoms with Crippen LogP contribution >= 0.6 is 0 Å². The van der Waals surface area contributed by atoms with E-state index in [2.05, 4.69) is 5.16 Å². The molecule has 0 N–H and O–H groups in total. The smallest absolute Gasteiger partial charge is 0.338 e. The highest BCUT2D eigenvalue weighted by molar-refractivity contribution is 5.93. The van der Waals surface area contributed by atoms with Crippen molar-refractivity contribution < 1.29 is 14.1 Å². The van der Waals surface area contributed by atoms with Crippen LogP contribution in [0.15, 0.2) is 28.8 Å². The first-order valence-electron chi connectivity index (χ1n) is 6.40. The van der Waals surface area contributed by atoms with E-state index in [-0.39, 0.29) is 5.97 Å². The summed E-state index contributed by atoms with van der Waals surface area (Å²) in [5, 5.41) is 3.89. The van der Waals surface area contributed by atoms with Gasteiger partial charge in [0.1, 0.15) is 0 Å². The molecule has 0 spiro atoms. The highest BCUT2D eigenvalue weighted by Gasteiger charge is 2.17. The van der Waals surface area contributed by atoms with Crippen LogP contribution in [0.3, 0.4) is 0 Å². The fourth-order valence-corrected chi connectivity index (χ4v) is 2.09. The lowest BCUT2D eigenvalue weighted by Crippen LogP contribution is -2.08. The monoisotopic (exact) mass is 259 g/mol. The molecule has 0 aliphatic carbocycles. The summed E-state index contributed by atoms with van der Waals surface area (Å²) in [4.78, 5) is 11.9. The van der Waals surface area contributed by atoms with E-state index in [4.69, 9.17) is 9.26 Å². The average molecular weight is 259 g/mol. The van der Waals surface area contributed by atoms with Crippen molar-refractivity contribution in [2.75, 3.05) is 6.61 Å². The molecule has 0 aliphatic rings. The van der Waals surface area contributed by atoms with Gasteiger partial charge in [-0.2, -0.15) is 0 Å². The van der Waals surface area contributed by atoms with E-state index in [0.717, 1.165) is 23.2 Å². The lowest BCUT2D eigenvalue weighted by atomic mass is 9.97. The summed E-state index contributed by atoms with van der Waals surface area (Å²) in [5.74, 6) is 0.387. The summed E-state index contributed by atoms with van der Waals surface area (Å²) in [5.41, 5.74) is 3.24. The van der Waals surface area contributed by atoms with Gasteiger partial charge < -0.3 is 9.26 Å². The SMILES string of the molecule is CCOC(=O)c1cccc(-c2cc(C)no2)c1CC. The van der Waals surface area contributed by atoms with Crippen molar-refractivity contribution in [3.05, 3.63) is 41.1 Å². The Hall–Kier alpha value is -2.10. The Morgan fingerprint density at radius 2 is 2.16 bits per heavy atom. The van der Waals surface area contributed by atoms with Gasteiger partial charge in [-0.1, -0.05) is 24.2 Å². The number of benzene rings is 1. The zero-order valence-electron chi connectivity index (χ0n) is 11.4. The summed E-state index contributed by atoms with van der Waals surface area (Å²) in [6.07, 6.45) is 0.726. The Morgan fingerprint density at radius 1 is 1.37 bits per heavy atom. The fraction of sp³-hybridized carbons (Fsp3) is 0.333. The van der Waals surface area contributed by atoms with E-state index >= 15 is 0 Å². The number of carbonyl (C=O) groups is 1. The second-order valence-corrected chi connectivity index (χ2v) is 4.24. The van der Waals surface area contributed by atoms with Crippen molar-refractivity contribution in [1.29, 1.82) is 0 Å². The Morgan fingerprint density at radius 3 is 2.74 bits per heavy atom. The van der Waals surface area contributed by atoms with Crippen LogP contribution < -0.4 is 0 Å². The van der Waals surface area contributed by atoms with Crippen LogP contribution in [-0.4, -0.2) is 17.7 Å². The van der Waals surface area contributed by atoms with Gasteiger partial charge in [-0.05, 0) is 31.9 Å². The second-order valence-electron chi connectivity index (χ2n) is 4.24. The lowest BCUT2D eigenvalue weighted by molar-refractivity contribution is 0.0525. The minimum atomic E-state index is -0.294. The molecule has 1 aromatic carbocycles. The number of carbonyl (C=O) groups excluding carboxylic acids is 1. The standard InChI is InChI=1S/C15H17NO3/c1-4-11-12(14-9-10(3)16-19-14)7-6-8-13(11)15(17)18-5-2/h6-9H,4-5H2,1-3H3. The predicted molar refractivity (Wildman–Crippen MR) is 72.0 cm³/mol. The first-order valence-corrected chi connectivity index (χ1v) is 6.40. The minimum absolute atomic E-state index is 0.294. The summed E-state index contributed by atoms with van der Waals surface area (Å²) in [7, 11) is 0. The van der Waals surface area contributed by atoms with Crippen LogP contribution in [0.5, 0.6) is 0 Å². The molecule has 0 atom stereocenters. The van der Waals surface area contributed by atoms with Crippen LogP contribution in [0.2, 0.25) is 0 Å². The molecular formula is C15H17NO3. The number of nitrogens with zero attached hydrogens (tertiary/aromatic N) is 1. The van der Waals surface area contributed by atoms with Crippen LogP contribution in [0.25, 0.3) is 11.3 Å². The molecule has 19 heavy (non-hydrogen) atoms. The molecule has 0 bridgehead atoms. The molecule has 1 heterocycles. The topological polar surface area (TPSA) is 52.3 Å². The third-order valence-electron chi connectivity index (χ3n) is 2.92. The molecular weight excluding hydrogens is 242 g/mol. The van der Waals surface area contributed by atoms with Gasteiger partial charge in [-0.15, -0.1) is 0 Å². The highest BCUT2D eigenvalue weighted by Crippen LogP contribution is 2.28. The quantitative estimate of drug-likeness (QED) is 0.790. The molecule has 2 aromatic rings. The molecule has 0 amide bonds. The summed E-state index contributed by atoms with van der Waals surface area (Å²) in [6, 6.07) is 7.41. The van der Waals surface area contributed by atoms with E-state index in [1.165, 1.54) is 0 Å². The van der Waals surface area contributed by atoms with Crippen LogP contribution in [0, 0.1) is 6.92 Å². The highest BCUT2D eigenvalue weighted by atomic mass is 16.5. The fourth-order valence-electron chi connectivity index (χ4n) is 2.09. The first-order chi connectivity index (χ1) is 9.17. The molecule has 4 nitrogen and oxygen atoms in total. The third-order valence-corrected chi connectivity index (χ3v) is 2.92. The summed E-state index contributed by atoms with van der Waals surface area (Å²) >= 11 is 0. The molecule has 0 saturated carbocycles. The average Bonchev–Trinajstić information content (AvgIpc) is 2.84.